The zero-order chi connectivity index (χ0) is 24.4. The summed E-state index contributed by atoms with van der Waals surface area (Å²) < 4.78 is 49.7. The van der Waals surface area contributed by atoms with E-state index in [2.05, 4.69) is 5.32 Å². The van der Waals surface area contributed by atoms with Crippen LogP contribution in [0.1, 0.15) is 10.4 Å². The molecular formula is C23H20F4N2O4. The molecule has 3 aromatic rings. The molecule has 3 aromatic carbocycles. The quantitative estimate of drug-likeness (QED) is 0.450. The van der Waals surface area contributed by atoms with Crippen LogP contribution >= 0.6 is 0 Å². The minimum atomic E-state index is -5.08. The third-order valence-corrected chi connectivity index (χ3v) is 4.24. The number of fused-ring (bicyclic) bond motifs is 1. The van der Waals surface area contributed by atoms with Gasteiger partial charge in [0.05, 0.1) is 6.33 Å². The predicted octanol–water partition coefficient (Wildman–Crippen LogP) is 4.92. The Balaban J connectivity index is 0.000000479. The molecule has 0 atom stereocenters. The van der Waals surface area contributed by atoms with Crippen molar-refractivity contribution in [2.45, 2.75) is 6.18 Å². The second kappa shape index (κ2) is 11.6. The number of halogens is 4. The van der Waals surface area contributed by atoms with Crippen LogP contribution in [0.3, 0.4) is 0 Å². The van der Waals surface area contributed by atoms with E-state index in [1.54, 1.807) is 24.3 Å². The average Bonchev–Trinajstić information content (AvgIpc) is 2.80. The van der Waals surface area contributed by atoms with Crippen molar-refractivity contribution in [1.29, 1.82) is 0 Å². The van der Waals surface area contributed by atoms with E-state index in [4.69, 9.17) is 20.4 Å². The van der Waals surface area contributed by atoms with Crippen LogP contribution in [0.2, 0.25) is 0 Å². The van der Waals surface area contributed by atoms with Crippen LogP contribution in [0.5, 0.6) is 5.75 Å². The summed E-state index contributed by atoms with van der Waals surface area (Å²) in [5, 5.41) is 12.1. The Labute approximate surface area is 186 Å². The molecule has 0 saturated heterocycles. The molecular weight excluding hydrogens is 444 g/mol. The molecule has 1 amide bonds. The summed E-state index contributed by atoms with van der Waals surface area (Å²) in [6, 6.07) is 20.3. The number of nitrogens with two attached hydrogens (primary N) is 1. The number of ether oxygens (including phenoxy) is 1. The topological polar surface area (TPSA) is 102 Å². The molecule has 0 bridgehead atoms. The van der Waals surface area contributed by atoms with Gasteiger partial charge >= 0.3 is 12.1 Å². The van der Waals surface area contributed by atoms with Crippen LogP contribution < -0.4 is 15.8 Å². The van der Waals surface area contributed by atoms with E-state index in [0.29, 0.717) is 23.2 Å². The molecule has 0 aromatic heterocycles. The predicted molar refractivity (Wildman–Crippen MR) is 116 cm³/mol. The molecule has 0 aliphatic rings. The minimum absolute atomic E-state index is 0.0779. The Morgan fingerprint density at radius 3 is 2.18 bits per heavy atom. The van der Waals surface area contributed by atoms with Crippen LogP contribution in [0, 0.1) is 0 Å². The summed E-state index contributed by atoms with van der Waals surface area (Å²) in [4.78, 5) is 21.4. The molecule has 33 heavy (non-hydrogen) atoms. The number of carbonyl (C=O) groups is 2. The van der Waals surface area contributed by atoms with Gasteiger partial charge in [-0.25, -0.2) is 9.18 Å². The van der Waals surface area contributed by atoms with Crippen molar-refractivity contribution in [1.82, 2.24) is 0 Å². The number of rotatable bonds is 6. The second-order valence-electron chi connectivity index (χ2n) is 6.57. The van der Waals surface area contributed by atoms with Crippen LogP contribution in [-0.2, 0) is 4.79 Å². The summed E-state index contributed by atoms with van der Waals surface area (Å²) in [6.45, 7) is 0.177. The van der Waals surface area contributed by atoms with Gasteiger partial charge in [-0.1, -0.05) is 36.4 Å². The Morgan fingerprint density at radius 1 is 1.00 bits per heavy atom. The number of anilines is 1. The first-order valence-electron chi connectivity index (χ1n) is 9.46. The highest BCUT2D eigenvalue weighted by Crippen LogP contribution is 2.24. The standard InChI is InChI=1S/C21H19FN2O2.C2HF3O2/c22-12-15(13-23)14-26-18-10-8-17(9-11-18)21(25)24-20-7-3-5-16-4-1-2-6-19(16)20;3-2(4,5)1(6)7/h1-12H,13-14,23H2,(H,24,25);(H,6,7)/b15-12+;. The molecule has 0 spiro atoms. The number of amides is 1. The highest BCUT2D eigenvalue weighted by Gasteiger charge is 2.38. The van der Waals surface area contributed by atoms with E-state index in [1.165, 1.54) is 0 Å². The van der Waals surface area contributed by atoms with Crippen molar-refractivity contribution in [3.63, 3.8) is 0 Å². The van der Waals surface area contributed by atoms with Crippen LogP contribution in [-0.4, -0.2) is 36.3 Å². The fourth-order valence-corrected chi connectivity index (χ4v) is 2.54. The average molecular weight is 464 g/mol. The van der Waals surface area contributed by atoms with Gasteiger partial charge in [-0.05, 0) is 35.7 Å². The maximum absolute atomic E-state index is 12.5. The molecule has 4 N–H and O–H groups in total. The number of carbonyl (C=O) groups excluding carboxylic acids is 1. The van der Waals surface area contributed by atoms with Gasteiger partial charge in [-0.2, -0.15) is 13.2 Å². The Hall–Kier alpha value is -3.92. The molecule has 0 radical (unpaired) electrons. The number of nitrogens with one attached hydrogen (secondary N) is 1. The monoisotopic (exact) mass is 464 g/mol. The first kappa shape index (κ1) is 25.3. The fraction of sp³-hybridized carbons (Fsp3) is 0.130. The van der Waals surface area contributed by atoms with Gasteiger partial charge in [0.2, 0.25) is 0 Å². The van der Waals surface area contributed by atoms with Crippen molar-refractivity contribution in [2.75, 3.05) is 18.5 Å². The number of aliphatic carboxylic acids is 1. The molecule has 0 aliphatic heterocycles. The van der Waals surface area contributed by atoms with Gasteiger partial charge in [0.25, 0.3) is 5.91 Å². The number of carboxylic acid groups (broad SMARTS) is 1. The van der Waals surface area contributed by atoms with Gasteiger partial charge in [-0.15, -0.1) is 0 Å². The van der Waals surface area contributed by atoms with Gasteiger partial charge in [0.15, 0.2) is 0 Å². The lowest BCUT2D eigenvalue weighted by molar-refractivity contribution is -0.192. The van der Waals surface area contributed by atoms with Crippen molar-refractivity contribution in [3.8, 4) is 5.75 Å². The summed E-state index contributed by atoms with van der Waals surface area (Å²) >= 11 is 0. The lowest BCUT2D eigenvalue weighted by Gasteiger charge is -2.10. The van der Waals surface area contributed by atoms with Crippen LogP contribution in [0.25, 0.3) is 10.8 Å². The zero-order valence-electron chi connectivity index (χ0n) is 17.1. The fourth-order valence-electron chi connectivity index (χ4n) is 2.54. The molecule has 0 heterocycles. The van der Waals surface area contributed by atoms with Gasteiger partial charge < -0.3 is 20.9 Å². The molecule has 10 heteroatoms. The minimum Gasteiger partial charge on any atom is -0.489 e. The molecule has 0 unspecified atom stereocenters. The lowest BCUT2D eigenvalue weighted by atomic mass is 10.1. The van der Waals surface area contributed by atoms with E-state index in [0.717, 1.165) is 16.5 Å². The zero-order valence-corrected chi connectivity index (χ0v) is 17.1. The maximum atomic E-state index is 12.5. The molecule has 6 nitrogen and oxygen atoms in total. The summed E-state index contributed by atoms with van der Waals surface area (Å²) in [5.41, 5.74) is 7.01. The molecule has 174 valence electrons. The van der Waals surface area contributed by atoms with E-state index >= 15 is 0 Å². The number of hydrogen-bond acceptors (Lipinski definition) is 4. The van der Waals surface area contributed by atoms with Gasteiger partial charge in [-0.3, -0.25) is 4.79 Å². The Morgan fingerprint density at radius 2 is 1.61 bits per heavy atom. The lowest BCUT2D eigenvalue weighted by Crippen LogP contribution is -2.21. The summed E-state index contributed by atoms with van der Waals surface area (Å²) in [5.74, 6) is -2.42. The van der Waals surface area contributed by atoms with Gasteiger partial charge in [0, 0.05) is 28.8 Å². The first-order valence-corrected chi connectivity index (χ1v) is 9.46. The molecule has 3 rings (SSSR count). The van der Waals surface area contributed by atoms with E-state index in [-0.39, 0.29) is 19.1 Å². The molecule has 0 fully saturated rings. The highest BCUT2D eigenvalue weighted by atomic mass is 19.4. The maximum Gasteiger partial charge on any atom is 0.490 e. The summed E-state index contributed by atoms with van der Waals surface area (Å²) in [7, 11) is 0. The number of hydrogen-bond donors (Lipinski definition) is 3. The Kier molecular flexibility index (Phi) is 8.93. The third kappa shape index (κ3) is 7.62. The van der Waals surface area contributed by atoms with Crippen molar-refractivity contribution < 1.29 is 37.0 Å². The molecule has 0 saturated carbocycles. The molecule has 0 aliphatic carbocycles. The SMILES string of the molecule is NC/C(=C\F)COc1ccc(C(=O)Nc2cccc3ccccc23)cc1.O=C(O)C(F)(F)F. The number of carboxylic acids is 1. The van der Waals surface area contributed by atoms with Crippen LogP contribution in [0.15, 0.2) is 78.6 Å². The number of benzene rings is 3. The van der Waals surface area contributed by atoms with Crippen LogP contribution in [0.4, 0.5) is 23.2 Å². The first-order chi connectivity index (χ1) is 15.7. The van der Waals surface area contributed by atoms with Crippen molar-refractivity contribution in [2.24, 2.45) is 5.73 Å². The van der Waals surface area contributed by atoms with E-state index in [1.807, 2.05) is 42.5 Å². The number of alkyl halides is 3. The van der Waals surface area contributed by atoms with Gasteiger partial charge in [0.1, 0.15) is 12.4 Å². The van der Waals surface area contributed by atoms with E-state index in [9.17, 15) is 22.4 Å². The highest BCUT2D eigenvalue weighted by molar-refractivity contribution is 6.09. The third-order valence-electron chi connectivity index (χ3n) is 4.24. The normalized spacial score (nSPS) is 11.4. The van der Waals surface area contributed by atoms with Crippen molar-refractivity contribution in [3.05, 3.63) is 84.2 Å². The van der Waals surface area contributed by atoms with Crippen molar-refractivity contribution >= 4 is 28.3 Å². The largest absolute Gasteiger partial charge is 0.490 e. The van der Waals surface area contributed by atoms with E-state index < -0.39 is 12.1 Å². The second-order valence-corrected chi connectivity index (χ2v) is 6.57. The smallest absolute Gasteiger partial charge is 0.489 e. The summed E-state index contributed by atoms with van der Waals surface area (Å²) in [6.07, 6.45) is -4.63. The Bertz CT molecular complexity index is 1120.